The Hall–Kier alpha value is -6.61. The Morgan fingerprint density at radius 2 is 0.885 bits per heavy atom. The van der Waals surface area contributed by atoms with Crippen LogP contribution in [0.5, 0.6) is 0 Å². The van der Waals surface area contributed by atoms with Crippen molar-refractivity contribution < 1.29 is 29.0 Å². The van der Waals surface area contributed by atoms with Crippen LogP contribution >= 0.6 is 11.8 Å². The summed E-state index contributed by atoms with van der Waals surface area (Å²) in [5.74, 6) is -0.708. The van der Waals surface area contributed by atoms with Crippen LogP contribution in [0.1, 0.15) is 47.2 Å². The minimum absolute atomic E-state index is 0.0598. The third-order valence-electron chi connectivity index (χ3n) is 11.1. The molecule has 0 radical (unpaired) electrons. The molecule has 2 saturated heterocycles. The van der Waals surface area contributed by atoms with Crippen LogP contribution in [-0.2, 0) is 19.2 Å². The van der Waals surface area contributed by atoms with E-state index in [0.29, 0.717) is 74.6 Å². The molecule has 2 aliphatic heterocycles. The van der Waals surface area contributed by atoms with Crippen molar-refractivity contribution in [3.63, 3.8) is 0 Å². The van der Waals surface area contributed by atoms with E-state index in [4.69, 9.17) is 0 Å². The quantitative estimate of drug-likeness (QED) is 0.0886. The second-order valence-electron chi connectivity index (χ2n) is 15.3. The van der Waals surface area contributed by atoms with E-state index in [1.807, 2.05) is 64.1 Å². The Balaban J connectivity index is 1.45. The van der Waals surface area contributed by atoms with Gasteiger partial charge in [-0.05, 0) is 85.4 Å². The molecule has 0 N–H and O–H groups in total. The molecule has 0 atom stereocenters. The summed E-state index contributed by atoms with van der Waals surface area (Å²) < 4.78 is 0. The molecule has 0 unspecified atom stereocenters. The molecule has 0 aromatic heterocycles. The zero-order chi connectivity index (χ0) is 44.1. The normalized spacial score (nSPS) is 14.5. The lowest BCUT2D eigenvalue weighted by Gasteiger charge is -2.33. The third kappa shape index (κ3) is 9.89. The zero-order valence-electron chi connectivity index (χ0n) is 35.1. The number of aryl methyl sites for hydroxylation is 4. The first-order chi connectivity index (χ1) is 29.0. The van der Waals surface area contributed by atoms with Crippen molar-refractivity contribution in [1.29, 1.82) is 0 Å². The summed E-state index contributed by atoms with van der Waals surface area (Å²) in [5.41, 5.74) is 5.20. The molecule has 61 heavy (non-hydrogen) atoms. The van der Waals surface area contributed by atoms with Crippen LogP contribution in [0, 0.1) is 47.9 Å². The molecule has 0 bridgehead atoms. The summed E-state index contributed by atoms with van der Waals surface area (Å²) in [6.07, 6.45) is 5.89. The molecule has 316 valence electrons. The predicted octanol–water partition coefficient (Wildman–Crippen LogP) is 7.63. The first-order valence-electron chi connectivity index (χ1n) is 19.9. The van der Waals surface area contributed by atoms with Crippen LogP contribution in [0.25, 0.3) is 34.4 Å². The first-order valence-corrected chi connectivity index (χ1v) is 20.8. The van der Waals surface area contributed by atoms with Gasteiger partial charge in [-0.1, -0.05) is 71.4 Å². The topological polar surface area (TPSA) is 168 Å². The number of piperazine rings is 2. The van der Waals surface area contributed by atoms with Crippen molar-refractivity contribution in [2.75, 3.05) is 52.4 Å². The molecule has 2 aliphatic rings. The maximum atomic E-state index is 13.4. The lowest BCUT2D eigenvalue weighted by atomic mass is 9.92. The highest BCUT2D eigenvalue weighted by molar-refractivity contribution is 7.99. The summed E-state index contributed by atoms with van der Waals surface area (Å²) in [4.78, 5) is 82.8. The maximum Gasteiger partial charge on any atom is 0.291 e. The van der Waals surface area contributed by atoms with Gasteiger partial charge in [0.25, 0.3) is 11.4 Å². The third-order valence-corrected chi connectivity index (χ3v) is 12.2. The van der Waals surface area contributed by atoms with Crippen LogP contribution < -0.4 is 0 Å². The van der Waals surface area contributed by atoms with Gasteiger partial charge >= 0.3 is 0 Å². The smallest absolute Gasteiger partial charge is 0.291 e. The van der Waals surface area contributed by atoms with Crippen LogP contribution in [0.15, 0.2) is 82.6 Å². The van der Waals surface area contributed by atoms with Crippen molar-refractivity contribution >= 4 is 58.9 Å². The summed E-state index contributed by atoms with van der Waals surface area (Å²) in [6, 6.07) is 17.7. The Bertz CT molecular complexity index is 2330. The molecule has 0 saturated carbocycles. The second kappa shape index (κ2) is 18.8. The Morgan fingerprint density at radius 1 is 0.541 bits per heavy atom. The number of nitrogens with zero attached hydrogens (tertiary/aromatic N) is 6. The highest BCUT2D eigenvalue weighted by atomic mass is 32.2. The lowest BCUT2D eigenvalue weighted by molar-refractivity contribution is -0.387. The van der Waals surface area contributed by atoms with Crippen molar-refractivity contribution in [3.8, 4) is 22.3 Å². The van der Waals surface area contributed by atoms with E-state index in [1.165, 1.54) is 26.0 Å². The molecule has 0 spiro atoms. The van der Waals surface area contributed by atoms with Crippen LogP contribution in [-0.4, -0.2) is 105 Å². The standard InChI is InChI=1S/C46H48N6O8S/c1-29-7-9-31(3)37(27-29)43-35(13-17-41(55)49-23-19-47(20-24-49)33(5)53)11-15-39(45(43)51(57)58)61-40-16-12-36(14-18-42(56)50-25-21-48(22-26-50)34(6)54)44(46(40)52(59)60)38-28-30(2)8-10-32(38)4/h7-18,27-28H,19-26H2,1-6H3/b17-13+,18-14+. The number of amides is 4. The van der Waals surface area contributed by atoms with Gasteiger partial charge in [-0.2, -0.15) is 0 Å². The van der Waals surface area contributed by atoms with Crippen LogP contribution in [0.3, 0.4) is 0 Å². The molecule has 2 heterocycles. The molecule has 4 aromatic rings. The Kier molecular flexibility index (Phi) is 13.5. The van der Waals surface area contributed by atoms with E-state index in [2.05, 4.69) is 0 Å². The largest absolute Gasteiger partial charge is 0.339 e. The van der Waals surface area contributed by atoms with Gasteiger partial charge in [-0.15, -0.1) is 0 Å². The number of hydrogen-bond donors (Lipinski definition) is 0. The summed E-state index contributed by atoms with van der Waals surface area (Å²) in [7, 11) is 0. The van der Waals surface area contributed by atoms with Crippen LogP contribution in [0.2, 0.25) is 0 Å². The number of carbonyl (C=O) groups excluding carboxylic acids is 4. The molecule has 0 aliphatic carbocycles. The maximum absolute atomic E-state index is 13.4. The van der Waals surface area contributed by atoms with Gasteiger partial charge in [0, 0.05) is 78.4 Å². The van der Waals surface area contributed by atoms with Gasteiger partial charge < -0.3 is 19.6 Å². The van der Waals surface area contributed by atoms with Crippen LogP contribution in [0.4, 0.5) is 11.4 Å². The van der Waals surface area contributed by atoms with Crippen molar-refractivity contribution in [3.05, 3.63) is 126 Å². The Labute approximate surface area is 358 Å². The molecule has 15 heteroatoms. The zero-order valence-corrected chi connectivity index (χ0v) is 35.9. The number of benzene rings is 4. The van der Waals surface area contributed by atoms with E-state index in [-0.39, 0.29) is 55.9 Å². The second-order valence-corrected chi connectivity index (χ2v) is 16.4. The Morgan fingerprint density at radius 3 is 1.21 bits per heavy atom. The highest BCUT2D eigenvalue weighted by Crippen LogP contribution is 2.49. The molecule has 4 aromatic carbocycles. The summed E-state index contributed by atoms with van der Waals surface area (Å²) in [5, 5.41) is 26.5. The number of nitro groups is 2. The minimum atomic E-state index is -0.490. The van der Waals surface area contributed by atoms with Crippen molar-refractivity contribution in [1.82, 2.24) is 19.6 Å². The van der Waals surface area contributed by atoms with Crippen molar-refractivity contribution in [2.24, 2.45) is 0 Å². The fraction of sp³-hybridized carbons (Fsp3) is 0.304. The molecule has 14 nitrogen and oxygen atoms in total. The van der Waals surface area contributed by atoms with E-state index in [9.17, 15) is 39.4 Å². The molecular formula is C46H48N6O8S. The summed E-state index contributed by atoms with van der Waals surface area (Å²) in [6.45, 7) is 13.5. The van der Waals surface area contributed by atoms with E-state index < -0.39 is 9.85 Å². The van der Waals surface area contributed by atoms with E-state index in [0.717, 1.165) is 34.0 Å². The highest BCUT2D eigenvalue weighted by Gasteiger charge is 2.31. The first kappa shape index (κ1) is 44.0. The van der Waals surface area contributed by atoms with E-state index in [1.54, 1.807) is 56.0 Å². The van der Waals surface area contributed by atoms with Gasteiger partial charge in [0.1, 0.15) is 0 Å². The monoisotopic (exact) mass is 844 g/mol. The van der Waals surface area contributed by atoms with E-state index >= 15 is 0 Å². The molecule has 6 rings (SSSR count). The SMILES string of the molecule is CC(=O)N1CCN(C(=O)/C=C/c2ccc(Sc3ccc(/C=C/C(=O)N4CCN(C(C)=O)CC4)c(-c4cc(C)ccc4C)c3[N+](=O)[O-])c([N+](=O)[O-])c2-c2cc(C)ccc2C)CC1. The fourth-order valence-electron chi connectivity index (χ4n) is 7.69. The van der Waals surface area contributed by atoms with Gasteiger partial charge in [-0.3, -0.25) is 39.4 Å². The number of carbonyl (C=O) groups is 4. The van der Waals surface area contributed by atoms with Gasteiger partial charge in [0.15, 0.2) is 0 Å². The van der Waals surface area contributed by atoms with Gasteiger partial charge in [-0.25, -0.2) is 0 Å². The average molecular weight is 845 g/mol. The molecule has 2 fully saturated rings. The lowest BCUT2D eigenvalue weighted by Crippen LogP contribution is -2.49. The van der Waals surface area contributed by atoms with Crippen molar-refractivity contribution in [2.45, 2.75) is 51.3 Å². The fourth-order valence-corrected chi connectivity index (χ4v) is 8.75. The van der Waals surface area contributed by atoms with Gasteiger partial charge in [0.05, 0.1) is 30.8 Å². The number of hydrogen-bond acceptors (Lipinski definition) is 9. The van der Waals surface area contributed by atoms with Gasteiger partial charge in [0.2, 0.25) is 23.6 Å². The summed E-state index contributed by atoms with van der Waals surface area (Å²) >= 11 is 0.906. The average Bonchev–Trinajstić information content (AvgIpc) is 3.23. The number of nitro benzene ring substituents is 2. The molecule has 4 amide bonds. The molecular weight excluding hydrogens is 797 g/mol. The predicted molar refractivity (Wildman–Crippen MR) is 236 cm³/mol. The number of rotatable bonds is 10. The minimum Gasteiger partial charge on any atom is -0.339 e.